The number of aromatic hydroxyl groups is 1. The lowest BCUT2D eigenvalue weighted by Crippen LogP contribution is -2.36. The molecule has 1 saturated carbocycles. The lowest BCUT2D eigenvalue weighted by atomic mass is 9.95. The lowest BCUT2D eigenvalue weighted by Gasteiger charge is -2.23. The van der Waals surface area contributed by atoms with Gasteiger partial charge in [0.1, 0.15) is 5.75 Å². The molecule has 0 spiro atoms. The molecule has 1 fully saturated rings. The van der Waals surface area contributed by atoms with Gasteiger partial charge in [-0.3, -0.25) is 4.79 Å². The molecule has 0 aliphatic heterocycles. The highest BCUT2D eigenvalue weighted by molar-refractivity contribution is 14.1. The quantitative estimate of drug-likeness (QED) is 0.396. The summed E-state index contributed by atoms with van der Waals surface area (Å²) < 4.78 is 2.73. The van der Waals surface area contributed by atoms with Crippen molar-refractivity contribution in [2.75, 3.05) is 0 Å². The molecule has 1 aliphatic rings. The van der Waals surface area contributed by atoms with Crippen molar-refractivity contribution in [2.45, 2.75) is 38.1 Å². The van der Waals surface area contributed by atoms with Crippen molar-refractivity contribution in [3.8, 4) is 5.75 Å². The Hall–Kier alpha value is 0.680. The van der Waals surface area contributed by atoms with E-state index >= 15 is 0 Å². The smallest absolute Gasteiger partial charge is 0.255 e. The van der Waals surface area contributed by atoms with Crippen molar-refractivity contribution in [2.24, 2.45) is 0 Å². The van der Waals surface area contributed by atoms with E-state index in [1.54, 1.807) is 6.07 Å². The van der Waals surface area contributed by atoms with Crippen LogP contribution in [0.5, 0.6) is 5.75 Å². The van der Waals surface area contributed by atoms with Gasteiger partial charge in [0.05, 0.1) is 9.13 Å². The van der Waals surface area contributed by atoms with Crippen LogP contribution in [0.4, 0.5) is 0 Å². The number of carbonyl (C=O) groups is 1. The summed E-state index contributed by atoms with van der Waals surface area (Å²) in [6.45, 7) is 0. The molecule has 1 aromatic rings. The zero-order chi connectivity index (χ0) is 14.0. The normalized spacial score (nSPS) is 16.4. The fraction of sp³-hybridized carbons (Fsp3) is 0.462. The molecular formula is C13H14I3NO2. The molecule has 6 heteroatoms. The van der Waals surface area contributed by atoms with Gasteiger partial charge >= 0.3 is 0 Å². The van der Waals surface area contributed by atoms with Gasteiger partial charge in [0.2, 0.25) is 0 Å². The maximum absolute atomic E-state index is 12.3. The molecule has 3 nitrogen and oxygen atoms in total. The third kappa shape index (κ3) is 3.86. The molecule has 1 aromatic carbocycles. The number of hydrogen-bond acceptors (Lipinski definition) is 2. The predicted molar refractivity (Wildman–Crippen MR) is 101 cm³/mol. The zero-order valence-corrected chi connectivity index (χ0v) is 16.7. The number of benzene rings is 1. The van der Waals surface area contributed by atoms with E-state index in [1.807, 2.05) is 0 Å². The minimum Gasteiger partial charge on any atom is -0.506 e. The molecule has 0 aromatic heterocycles. The van der Waals surface area contributed by atoms with E-state index in [4.69, 9.17) is 0 Å². The second-order valence-electron chi connectivity index (χ2n) is 4.69. The molecule has 0 bridgehead atoms. The predicted octanol–water partition coefficient (Wildman–Crippen LogP) is 4.27. The first kappa shape index (κ1) is 16.1. The Morgan fingerprint density at radius 3 is 2.42 bits per heavy atom. The number of halogens is 3. The summed E-state index contributed by atoms with van der Waals surface area (Å²) in [7, 11) is 0. The van der Waals surface area contributed by atoms with Gasteiger partial charge in [0.25, 0.3) is 5.91 Å². The second-order valence-corrected chi connectivity index (χ2v) is 8.01. The molecule has 1 aliphatic carbocycles. The number of rotatable bonds is 2. The lowest BCUT2D eigenvalue weighted by molar-refractivity contribution is 0.0925. The Balaban J connectivity index is 2.19. The molecular weight excluding hydrogens is 583 g/mol. The minimum atomic E-state index is -0.156. The molecule has 19 heavy (non-hydrogen) atoms. The van der Waals surface area contributed by atoms with Gasteiger partial charge < -0.3 is 10.4 Å². The van der Waals surface area contributed by atoms with Crippen LogP contribution in [-0.2, 0) is 0 Å². The van der Waals surface area contributed by atoms with Gasteiger partial charge in [-0.15, -0.1) is 0 Å². The van der Waals surface area contributed by atoms with Crippen LogP contribution in [0, 0.1) is 10.7 Å². The number of nitrogens with one attached hydrogen (secondary N) is 1. The largest absolute Gasteiger partial charge is 0.506 e. The number of carbonyl (C=O) groups excluding carboxylic acids is 1. The fourth-order valence-electron chi connectivity index (χ4n) is 2.27. The van der Waals surface area contributed by atoms with Gasteiger partial charge in [-0.25, -0.2) is 0 Å². The van der Waals surface area contributed by atoms with Crippen LogP contribution in [0.15, 0.2) is 6.07 Å². The van der Waals surface area contributed by atoms with Crippen molar-refractivity contribution in [3.05, 3.63) is 22.3 Å². The topological polar surface area (TPSA) is 49.3 Å². The zero-order valence-electron chi connectivity index (χ0n) is 10.2. The highest BCUT2D eigenvalue weighted by Crippen LogP contribution is 2.32. The van der Waals surface area contributed by atoms with E-state index in [2.05, 4.69) is 73.1 Å². The maximum atomic E-state index is 12.3. The van der Waals surface area contributed by atoms with Crippen LogP contribution >= 0.6 is 67.8 Å². The Morgan fingerprint density at radius 2 is 1.79 bits per heavy atom. The van der Waals surface area contributed by atoms with E-state index in [9.17, 15) is 9.90 Å². The van der Waals surface area contributed by atoms with Crippen molar-refractivity contribution in [1.29, 1.82) is 0 Å². The van der Waals surface area contributed by atoms with Gasteiger partial charge in [0.15, 0.2) is 0 Å². The molecule has 2 rings (SSSR count). The molecule has 0 heterocycles. The van der Waals surface area contributed by atoms with Crippen molar-refractivity contribution >= 4 is 73.7 Å². The van der Waals surface area contributed by atoms with Gasteiger partial charge in [-0.05, 0) is 86.7 Å². The van der Waals surface area contributed by atoms with Crippen LogP contribution in [0.1, 0.15) is 42.5 Å². The highest BCUT2D eigenvalue weighted by Gasteiger charge is 2.21. The van der Waals surface area contributed by atoms with Crippen molar-refractivity contribution in [1.82, 2.24) is 5.32 Å². The third-order valence-corrected chi connectivity index (χ3v) is 8.41. The number of phenols is 1. The van der Waals surface area contributed by atoms with Crippen LogP contribution in [-0.4, -0.2) is 17.1 Å². The van der Waals surface area contributed by atoms with Crippen molar-refractivity contribution < 1.29 is 9.90 Å². The first-order chi connectivity index (χ1) is 9.00. The van der Waals surface area contributed by atoms with Crippen LogP contribution in [0.3, 0.4) is 0 Å². The van der Waals surface area contributed by atoms with Crippen LogP contribution in [0.2, 0.25) is 0 Å². The third-order valence-electron chi connectivity index (χ3n) is 3.32. The monoisotopic (exact) mass is 597 g/mol. The molecule has 1 amide bonds. The summed E-state index contributed by atoms with van der Waals surface area (Å²) in [5.74, 6) is -0.0599. The van der Waals surface area contributed by atoms with E-state index < -0.39 is 0 Å². The maximum Gasteiger partial charge on any atom is 0.255 e. The molecule has 104 valence electrons. The summed E-state index contributed by atoms with van der Waals surface area (Å²) in [5, 5.41) is 13.2. The summed E-state index contributed by atoms with van der Waals surface area (Å²) in [6, 6.07) is 2.02. The standard InChI is InChI=1S/C13H14I3NO2/c14-9-6-8(12(18)11(16)10(9)15)13(19)17-7-4-2-1-3-5-7/h6-7,18H,1-5H2,(H,17,19). The van der Waals surface area contributed by atoms with Gasteiger partial charge in [0, 0.05) is 13.2 Å². The molecule has 2 N–H and O–H groups in total. The van der Waals surface area contributed by atoms with Crippen LogP contribution < -0.4 is 5.32 Å². The SMILES string of the molecule is O=C(NC1CCCCC1)c1cc(I)c(I)c(I)c1O. The van der Waals surface area contributed by atoms with Crippen molar-refractivity contribution in [3.63, 3.8) is 0 Å². The summed E-state index contributed by atoms with van der Waals surface area (Å²) in [4.78, 5) is 12.3. The Bertz CT molecular complexity index is 499. The first-order valence-corrected chi connectivity index (χ1v) is 9.41. The van der Waals surface area contributed by atoms with E-state index in [-0.39, 0.29) is 17.7 Å². The summed E-state index contributed by atoms with van der Waals surface area (Å²) >= 11 is 6.46. The average Bonchev–Trinajstić information content (AvgIpc) is 2.41. The molecule has 0 radical (unpaired) electrons. The Morgan fingerprint density at radius 1 is 1.16 bits per heavy atom. The average molecular weight is 597 g/mol. The second kappa shape index (κ2) is 7.10. The first-order valence-electron chi connectivity index (χ1n) is 6.18. The summed E-state index contributed by atoms with van der Waals surface area (Å²) in [5.41, 5.74) is 0.389. The Kier molecular flexibility index (Phi) is 6.00. The fourth-order valence-corrected chi connectivity index (χ4v) is 4.36. The number of phenolic OH excluding ortho intramolecular Hbond substituents is 1. The molecule has 0 atom stereocenters. The van der Waals surface area contributed by atoms with E-state index in [0.717, 1.165) is 23.6 Å². The van der Waals surface area contributed by atoms with E-state index in [1.165, 1.54) is 19.3 Å². The number of hydrogen-bond donors (Lipinski definition) is 2. The minimum absolute atomic E-state index is 0.0960. The van der Waals surface area contributed by atoms with Crippen LogP contribution in [0.25, 0.3) is 0 Å². The molecule has 0 unspecified atom stereocenters. The number of amides is 1. The van der Waals surface area contributed by atoms with E-state index in [0.29, 0.717) is 5.56 Å². The molecule has 0 saturated heterocycles. The Labute approximate surface area is 153 Å². The summed E-state index contributed by atoms with van der Waals surface area (Å²) in [6.07, 6.45) is 5.71. The highest BCUT2D eigenvalue weighted by atomic mass is 127. The van der Waals surface area contributed by atoms with Gasteiger partial charge in [-0.1, -0.05) is 19.3 Å². The van der Waals surface area contributed by atoms with Gasteiger partial charge in [-0.2, -0.15) is 0 Å².